The SMILES string of the molecule is CS(=O)(=O)OC1CC2CCC(C1)N2c1ccc(C(F)(F)F)cn1. The van der Waals surface area contributed by atoms with Gasteiger partial charge in [0, 0.05) is 18.3 Å². The molecule has 0 spiro atoms. The summed E-state index contributed by atoms with van der Waals surface area (Å²) in [6, 6.07) is 2.50. The number of pyridine rings is 1. The van der Waals surface area contributed by atoms with Crippen LogP contribution >= 0.6 is 0 Å². The van der Waals surface area contributed by atoms with Gasteiger partial charge in [0.2, 0.25) is 0 Å². The molecule has 2 atom stereocenters. The van der Waals surface area contributed by atoms with Crippen molar-refractivity contribution in [3.63, 3.8) is 0 Å². The van der Waals surface area contributed by atoms with E-state index in [0.29, 0.717) is 18.7 Å². The summed E-state index contributed by atoms with van der Waals surface area (Å²) in [4.78, 5) is 5.96. The van der Waals surface area contributed by atoms with E-state index in [1.165, 1.54) is 6.07 Å². The van der Waals surface area contributed by atoms with E-state index < -0.39 is 21.9 Å². The zero-order valence-electron chi connectivity index (χ0n) is 12.5. The third kappa shape index (κ3) is 3.60. The first kappa shape index (κ1) is 16.5. The van der Waals surface area contributed by atoms with Gasteiger partial charge in [0.25, 0.3) is 10.1 Å². The molecule has 128 valence electrons. The van der Waals surface area contributed by atoms with Crippen molar-refractivity contribution in [2.24, 2.45) is 0 Å². The van der Waals surface area contributed by atoms with Crippen LogP contribution in [0.2, 0.25) is 0 Å². The highest BCUT2D eigenvalue weighted by molar-refractivity contribution is 7.86. The van der Waals surface area contributed by atoms with Crippen molar-refractivity contribution >= 4 is 15.9 Å². The van der Waals surface area contributed by atoms with E-state index in [2.05, 4.69) is 4.98 Å². The van der Waals surface area contributed by atoms with Crippen LogP contribution in [-0.4, -0.2) is 37.8 Å². The molecule has 0 aliphatic carbocycles. The summed E-state index contributed by atoms with van der Waals surface area (Å²) in [6.07, 6.45) is -0.117. The van der Waals surface area contributed by atoms with Gasteiger partial charge in [-0.3, -0.25) is 4.18 Å². The molecule has 0 aromatic carbocycles. The molecule has 2 saturated heterocycles. The van der Waals surface area contributed by atoms with Gasteiger partial charge in [0.1, 0.15) is 5.82 Å². The van der Waals surface area contributed by atoms with Crippen molar-refractivity contribution < 1.29 is 25.8 Å². The highest BCUT2D eigenvalue weighted by Crippen LogP contribution is 2.40. The van der Waals surface area contributed by atoms with Crippen LogP contribution in [0.3, 0.4) is 0 Å². The molecule has 0 N–H and O–H groups in total. The normalized spacial score (nSPS) is 28.2. The van der Waals surface area contributed by atoms with Crippen LogP contribution in [0.1, 0.15) is 31.2 Å². The molecule has 1 aromatic heterocycles. The minimum Gasteiger partial charge on any atom is -0.350 e. The number of anilines is 1. The van der Waals surface area contributed by atoms with Crippen molar-refractivity contribution in [1.29, 1.82) is 0 Å². The second-order valence-electron chi connectivity index (χ2n) is 6.09. The molecule has 23 heavy (non-hydrogen) atoms. The molecule has 1 aromatic rings. The number of aromatic nitrogens is 1. The van der Waals surface area contributed by atoms with Gasteiger partial charge in [-0.2, -0.15) is 21.6 Å². The van der Waals surface area contributed by atoms with Gasteiger partial charge < -0.3 is 4.90 Å². The Kier molecular flexibility index (Phi) is 4.04. The Hall–Kier alpha value is -1.35. The van der Waals surface area contributed by atoms with Crippen LogP contribution in [0.15, 0.2) is 18.3 Å². The number of nitrogens with zero attached hydrogens (tertiary/aromatic N) is 2. The van der Waals surface area contributed by atoms with Crippen molar-refractivity contribution in [2.45, 2.75) is 50.0 Å². The topological polar surface area (TPSA) is 59.5 Å². The molecule has 9 heteroatoms. The van der Waals surface area contributed by atoms with Crippen molar-refractivity contribution in [1.82, 2.24) is 4.98 Å². The summed E-state index contributed by atoms with van der Waals surface area (Å²) in [6.45, 7) is 0. The summed E-state index contributed by atoms with van der Waals surface area (Å²) in [5.41, 5.74) is -0.774. The Morgan fingerprint density at radius 3 is 2.26 bits per heavy atom. The van der Waals surface area contributed by atoms with Crippen LogP contribution in [-0.2, 0) is 20.5 Å². The molecule has 0 saturated carbocycles. The lowest BCUT2D eigenvalue weighted by atomic mass is 10.00. The molecule has 2 aliphatic rings. The Morgan fingerprint density at radius 1 is 1.22 bits per heavy atom. The van der Waals surface area contributed by atoms with Crippen molar-refractivity contribution in [3.05, 3.63) is 23.9 Å². The van der Waals surface area contributed by atoms with Gasteiger partial charge in [-0.15, -0.1) is 0 Å². The van der Waals surface area contributed by atoms with E-state index in [1.54, 1.807) is 0 Å². The molecule has 5 nitrogen and oxygen atoms in total. The number of fused-ring (bicyclic) bond motifs is 2. The highest BCUT2D eigenvalue weighted by Gasteiger charge is 2.43. The van der Waals surface area contributed by atoms with Gasteiger partial charge in [-0.1, -0.05) is 0 Å². The minimum absolute atomic E-state index is 0.0461. The Balaban J connectivity index is 1.76. The first-order valence-electron chi connectivity index (χ1n) is 7.33. The lowest BCUT2D eigenvalue weighted by Gasteiger charge is -2.39. The van der Waals surface area contributed by atoms with Crippen LogP contribution in [0, 0.1) is 0 Å². The van der Waals surface area contributed by atoms with Crippen molar-refractivity contribution in [2.75, 3.05) is 11.2 Å². The second kappa shape index (κ2) is 5.62. The van der Waals surface area contributed by atoms with Crippen molar-refractivity contribution in [3.8, 4) is 0 Å². The summed E-state index contributed by atoms with van der Waals surface area (Å²) < 4.78 is 65.4. The van der Waals surface area contributed by atoms with Crippen LogP contribution in [0.5, 0.6) is 0 Å². The summed E-state index contributed by atoms with van der Waals surface area (Å²) in [5.74, 6) is 0.503. The van der Waals surface area contributed by atoms with E-state index in [-0.39, 0.29) is 18.2 Å². The number of hydrogen-bond donors (Lipinski definition) is 0. The second-order valence-corrected chi connectivity index (χ2v) is 7.69. The zero-order valence-corrected chi connectivity index (χ0v) is 13.3. The lowest BCUT2D eigenvalue weighted by molar-refractivity contribution is -0.137. The fourth-order valence-corrected chi connectivity index (χ4v) is 4.18. The molecule has 0 radical (unpaired) electrons. The summed E-state index contributed by atoms with van der Waals surface area (Å²) >= 11 is 0. The van der Waals surface area contributed by atoms with Gasteiger partial charge in [-0.05, 0) is 37.8 Å². The monoisotopic (exact) mass is 350 g/mol. The number of hydrogen-bond acceptors (Lipinski definition) is 5. The van der Waals surface area contributed by atoms with Gasteiger partial charge >= 0.3 is 6.18 Å². The molecule has 3 heterocycles. The highest BCUT2D eigenvalue weighted by atomic mass is 32.2. The maximum absolute atomic E-state index is 12.6. The van der Waals surface area contributed by atoms with E-state index in [0.717, 1.165) is 31.4 Å². The molecular formula is C14H17F3N2O3S. The van der Waals surface area contributed by atoms with Crippen LogP contribution < -0.4 is 4.90 Å². The van der Waals surface area contributed by atoms with E-state index in [4.69, 9.17) is 4.18 Å². The molecule has 2 bridgehead atoms. The number of piperidine rings is 1. The quantitative estimate of drug-likeness (QED) is 0.784. The number of halogens is 3. The lowest BCUT2D eigenvalue weighted by Crippen LogP contribution is -2.46. The van der Waals surface area contributed by atoms with Gasteiger partial charge in [0.15, 0.2) is 0 Å². The molecule has 2 aliphatic heterocycles. The first-order chi connectivity index (χ1) is 10.6. The fraction of sp³-hybridized carbons (Fsp3) is 0.643. The van der Waals surface area contributed by atoms with Gasteiger partial charge in [0.05, 0.1) is 17.9 Å². The fourth-order valence-electron chi connectivity index (χ4n) is 3.53. The Bertz CT molecular complexity index is 662. The van der Waals surface area contributed by atoms with Crippen LogP contribution in [0.4, 0.5) is 19.0 Å². The third-order valence-electron chi connectivity index (χ3n) is 4.34. The minimum atomic E-state index is -4.40. The zero-order chi connectivity index (χ0) is 16.8. The Labute approximate surface area is 132 Å². The first-order valence-corrected chi connectivity index (χ1v) is 9.15. The molecule has 2 fully saturated rings. The molecule has 2 unspecified atom stereocenters. The number of alkyl halides is 3. The standard InChI is InChI=1S/C14H17F3N2O3S/c1-23(20,21)22-12-6-10-3-4-11(7-12)19(10)13-5-2-9(8-18-13)14(15,16)17/h2,5,8,10-12H,3-4,6-7H2,1H3. The van der Waals surface area contributed by atoms with Crippen LogP contribution in [0.25, 0.3) is 0 Å². The third-order valence-corrected chi connectivity index (χ3v) is 4.96. The van der Waals surface area contributed by atoms with Gasteiger partial charge in [-0.25, -0.2) is 4.98 Å². The maximum Gasteiger partial charge on any atom is 0.417 e. The average molecular weight is 350 g/mol. The average Bonchev–Trinajstić information content (AvgIpc) is 2.68. The predicted octanol–water partition coefficient (Wildman–Crippen LogP) is 2.58. The smallest absolute Gasteiger partial charge is 0.350 e. The molecule has 0 amide bonds. The largest absolute Gasteiger partial charge is 0.417 e. The summed E-state index contributed by atoms with van der Waals surface area (Å²) in [5, 5.41) is 0. The van der Waals surface area contributed by atoms with E-state index in [9.17, 15) is 21.6 Å². The summed E-state index contributed by atoms with van der Waals surface area (Å²) in [7, 11) is -3.51. The molecular weight excluding hydrogens is 333 g/mol. The Morgan fingerprint density at radius 2 is 1.83 bits per heavy atom. The number of rotatable bonds is 3. The molecule has 3 rings (SSSR count). The predicted molar refractivity (Wildman–Crippen MR) is 77.5 cm³/mol. The maximum atomic E-state index is 12.6. The van der Waals surface area contributed by atoms with E-state index in [1.807, 2.05) is 4.90 Å². The van der Waals surface area contributed by atoms with E-state index >= 15 is 0 Å².